The minimum atomic E-state index is 0.195. The molecule has 31 heavy (non-hydrogen) atoms. The van der Waals surface area contributed by atoms with Crippen molar-refractivity contribution in [1.29, 1.82) is 0 Å². The fraction of sp³-hybridized carbons (Fsp3) is 0.583. The lowest BCUT2D eigenvalue weighted by Crippen LogP contribution is -2.50. The van der Waals surface area contributed by atoms with E-state index < -0.39 is 0 Å². The van der Waals surface area contributed by atoms with Crippen LogP contribution in [0.15, 0.2) is 34.9 Å². The molecule has 1 amide bonds. The molecule has 168 valence electrons. The van der Waals surface area contributed by atoms with Crippen molar-refractivity contribution in [3.63, 3.8) is 0 Å². The van der Waals surface area contributed by atoms with E-state index in [9.17, 15) is 4.79 Å². The van der Waals surface area contributed by atoms with E-state index in [1.807, 2.05) is 24.3 Å². The molecule has 2 aromatic rings. The van der Waals surface area contributed by atoms with E-state index in [4.69, 9.17) is 13.9 Å². The van der Waals surface area contributed by atoms with Gasteiger partial charge in [0.1, 0.15) is 5.75 Å². The summed E-state index contributed by atoms with van der Waals surface area (Å²) in [4.78, 5) is 21.8. The van der Waals surface area contributed by atoms with Crippen molar-refractivity contribution < 1.29 is 18.7 Å². The van der Waals surface area contributed by atoms with Crippen molar-refractivity contribution in [1.82, 2.24) is 14.8 Å². The first-order valence-corrected chi connectivity index (χ1v) is 11.3. The molecule has 2 fully saturated rings. The van der Waals surface area contributed by atoms with E-state index in [1.165, 1.54) is 0 Å². The SMILES string of the molecule is COc1ccc(-c2cnc(CCC(=O)N3CCCC3CN3CC(C)OC(C)C3)o2)cc1. The molecule has 3 heterocycles. The lowest BCUT2D eigenvalue weighted by atomic mass is 10.1. The standard InChI is InChI=1S/C24H33N3O4/c1-17-14-26(15-18(2)30-17)16-20-5-4-12-27(20)24(28)11-10-23-25-13-22(31-23)19-6-8-21(29-3)9-7-19/h6-9,13,17-18,20H,4-5,10-12,14-16H2,1-3H3. The summed E-state index contributed by atoms with van der Waals surface area (Å²) in [5.41, 5.74) is 0.944. The van der Waals surface area contributed by atoms with Crippen molar-refractivity contribution in [2.45, 2.75) is 57.8 Å². The van der Waals surface area contributed by atoms with Crippen LogP contribution in [0.5, 0.6) is 5.75 Å². The van der Waals surface area contributed by atoms with Crippen LogP contribution in [0.2, 0.25) is 0 Å². The highest BCUT2D eigenvalue weighted by molar-refractivity contribution is 5.77. The molecule has 0 aliphatic carbocycles. The topological polar surface area (TPSA) is 68.0 Å². The normalized spacial score (nSPS) is 24.5. The zero-order valence-electron chi connectivity index (χ0n) is 18.8. The molecule has 2 saturated heterocycles. The number of oxazole rings is 1. The molecule has 1 aromatic heterocycles. The van der Waals surface area contributed by atoms with Gasteiger partial charge in [-0.1, -0.05) is 0 Å². The number of aromatic nitrogens is 1. The second-order valence-corrected chi connectivity index (χ2v) is 8.71. The second-order valence-electron chi connectivity index (χ2n) is 8.71. The van der Waals surface area contributed by atoms with Crippen LogP contribution in [0.3, 0.4) is 0 Å². The Morgan fingerprint density at radius 2 is 1.94 bits per heavy atom. The van der Waals surface area contributed by atoms with Gasteiger partial charge < -0.3 is 18.8 Å². The maximum absolute atomic E-state index is 12.9. The molecule has 2 aliphatic rings. The van der Waals surface area contributed by atoms with Gasteiger partial charge in [0.25, 0.3) is 0 Å². The Kier molecular flexibility index (Phi) is 6.92. The number of methoxy groups -OCH3 is 1. The average molecular weight is 428 g/mol. The molecule has 0 N–H and O–H groups in total. The fourth-order valence-corrected chi connectivity index (χ4v) is 4.76. The van der Waals surface area contributed by atoms with Gasteiger partial charge >= 0.3 is 0 Å². The molecule has 7 nitrogen and oxygen atoms in total. The number of likely N-dealkylation sites (tertiary alicyclic amines) is 1. The Hall–Kier alpha value is -2.38. The third kappa shape index (κ3) is 5.46. The first-order valence-electron chi connectivity index (χ1n) is 11.3. The molecule has 2 aliphatic heterocycles. The van der Waals surface area contributed by atoms with Gasteiger partial charge in [-0.05, 0) is 51.0 Å². The number of carbonyl (C=O) groups is 1. The fourth-order valence-electron chi connectivity index (χ4n) is 4.76. The lowest BCUT2D eigenvalue weighted by Gasteiger charge is -2.38. The molecule has 0 bridgehead atoms. The van der Waals surface area contributed by atoms with Crippen LogP contribution in [0.4, 0.5) is 0 Å². The summed E-state index contributed by atoms with van der Waals surface area (Å²) < 4.78 is 16.9. The maximum atomic E-state index is 12.9. The third-order valence-electron chi connectivity index (χ3n) is 6.14. The zero-order valence-corrected chi connectivity index (χ0v) is 18.8. The third-order valence-corrected chi connectivity index (χ3v) is 6.14. The highest BCUT2D eigenvalue weighted by Gasteiger charge is 2.32. The minimum absolute atomic E-state index is 0.195. The highest BCUT2D eigenvalue weighted by atomic mass is 16.5. The summed E-state index contributed by atoms with van der Waals surface area (Å²) in [5.74, 6) is 2.31. The minimum Gasteiger partial charge on any atom is -0.497 e. The Morgan fingerprint density at radius 3 is 2.65 bits per heavy atom. The predicted molar refractivity (Wildman–Crippen MR) is 118 cm³/mol. The summed E-state index contributed by atoms with van der Waals surface area (Å²) in [5, 5.41) is 0. The van der Waals surface area contributed by atoms with Crippen molar-refractivity contribution in [3.8, 4) is 17.1 Å². The summed E-state index contributed by atoms with van der Waals surface area (Å²) in [7, 11) is 1.64. The van der Waals surface area contributed by atoms with Gasteiger partial charge in [-0.2, -0.15) is 0 Å². The Balaban J connectivity index is 1.30. The monoisotopic (exact) mass is 427 g/mol. The molecule has 4 rings (SSSR count). The van der Waals surface area contributed by atoms with E-state index >= 15 is 0 Å². The first-order chi connectivity index (χ1) is 15.0. The largest absolute Gasteiger partial charge is 0.497 e. The first kappa shape index (κ1) is 21.8. The van der Waals surface area contributed by atoms with Gasteiger partial charge in [0.2, 0.25) is 5.91 Å². The van der Waals surface area contributed by atoms with Crippen LogP contribution in [-0.2, 0) is 16.0 Å². The van der Waals surface area contributed by atoms with Gasteiger partial charge in [-0.15, -0.1) is 0 Å². The molecular weight excluding hydrogens is 394 g/mol. The number of morpholine rings is 1. The number of aryl methyl sites for hydroxylation is 1. The van der Waals surface area contributed by atoms with Gasteiger partial charge in [-0.25, -0.2) is 4.98 Å². The number of benzene rings is 1. The number of hydrogen-bond donors (Lipinski definition) is 0. The molecule has 0 radical (unpaired) electrons. The molecule has 1 aromatic carbocycles. The Labute approximate surface area is 184 Å². The summed E-state index contributed by atoms with van der Waals surface area (Å²) in [6.45, 7) is 7.90. The molecule has 3 atom stereocenters. The summed E-state index contributed by atoms with van der Waals surface area (Å²) in [6.07, 6.45) is 5.32. The molecular formula is C24H33N3O4. The quantitative estimate of drug-likeness (QED) is 0.675. The van der Waals surface area contributed by atoms with Crippen LogP contribution >= 0.6 is 0 Å². The van der Waals surface area contributed by atoms with E-state index in [-0.39, 0.29) is 18.1 Å². The molecule has 7 heteroatoms. The van der Waals surface area contributed by atoms with Crippen LogP contribution < -0.4 is 4.74 Å². The van der Waals surface area contributed by atoms with Crippen LogP contribution in [-0.4, -0.2) is 72.2 Å². The van der Waals surface area contributed by atoms with Crippen LogP contribution in [0.25, 0.3) is 11.3 Å². The van der Waals surface area contributed by atoms with Gasteiger partial charge in [-0.3, -0.25) is 9.69 Å². The van der Waals surface area contributed by atoms with E-state index in [1.54, 1.807) is 13.3 Å². The Morgan fingerprint density at radius 1 is 1.19 bits per heavy atom. The molecule has 0 spiro atoms. The van der Waals surface area contributed by atoms with Crippen molar-refractivity contribution in [2.24, 2.45) is 0 Å². The maximum Gasteiger partial charge on any atom is 0.223 e. The number of carbonyl (C=O) groups excluding carboxylic acids is 1. The Bertz CT molecular complexity index is 856. The number of ether oxygens (including phenoxy) is 2. The smallest absolute Gasteiger partial charge is 0.223 e. The van der Waals surface area contributed by atoms with Gasteiger partial charge in [0, 0.05) is 50.6 Å². The predicted octanol–water partition coefficient (Wildman–Crippen LogP) is 3.38. The van der Waals surface area contributed by atoms with E-state index in [0.717, 1.165) is 50.3 Å². The second kappa shape index (κ2) is 9.83. The molecule has 0 saturated carbocycles. The van der Waals surface area contributed by atoms with Crippen LogP contribution in [0.1, 0.15) is 39.0 Å². The van der Waals surface area contributed by atoms with Crippen LogP contribution in [0, 0.1) is 0 Å². The number of amides is 1. The van der Waals surface area contributed by atoms with Crippen molar-refractivity contribution >= 4 is 5.91 Å². The lowest BCUT2D eigenvalue weighted by molar-refractivity contribution is -0.133. The van der Waals surface area contributed by atoms with Crippen molar-refractivity contribution in [2.75, 3.05) is 33.3 Å². The molecule has 3 unspecified atom stereocenters. The summed E-state index contributed by atoms with van der Waals surface area (Å²) >= 11 is 0. The average Bonchev–Trinajstić information content (AvgIpc) is 3.41. The van der Waals surface area contributed by atoms with E-state index in [0.29, 0.717) is 30.5 Å². The number of hydrogen-bond acceptors (Lipinski definition) is 6. The summed E-state index contributed by atoms with van der Waals surface area (Å²) in [6, 6.07) is 7.96. The zero-order chi connectivity index (χ0) is 21.8. The number of rotatable bonds is 7. The number of nitrogens with zero attached hydrogens (tertiary/aromatic N) is 3. The van der Waals surface area contributed by atoms with Gasteiger partial charge in [0.15, 0.2) is 11.7 Å². The highest BCUT2D eigenvalue weighted by Crippen LogP contribution is 2.25. The van der Waals surface area contributed by atoms with Crippen molar-refractivity contribution in [3.05, 3.63) is 36.4 Å². The van der Waals surface area contributed by atoms with E-state index in [2.05, 4.69) is 28.6 Å². The van der Waals surface area contributed by atoms with Gasteiger partial charge in [0.05, 0.1) is 25.5 Å².